The van der Waals surface area contributed by atoms with Gasteiger partial charge in [0.2, 0.25) is 0 Å². The Hall–Kier alpha value is -4.21. The fourth-order valence-electron chi connectivity index (χ4n) is 2.69. The number of carbonyl (C=O) groups is 3. The number of rotatable bonds is 9. The highest BCUT2D eigenvalue weighted by Gasteiger charge is 2.25. The summed E-state index contributed by atoms with van der Waals surface area (Å²) in [6, 6.07) is 10.3. The number of methoxy groups -OCH3 is 1. The first kappa shape index (κ1) is 24.1. The first-order valence-electron chi connectivity index (χ1n) is 9.57. The molecule has 0 saturated heterocycles. The van der Waals surface area contributed by atoms with E-state index >= 15 is 0 Å². The van der Waals surface area contributed by atoms with E-state index in [0.29, 0.717) is 11.3 Å². The number of benzene rings is 2. The van der Waals surface area contributed by atoms with E-state index < -0.39 is 34.7 Å². The van der Waals surface area contributed by atoms with Gasteiger partial charge in [0.25, 0.3) is 17.5 Å². The number of carboxylic acids is 1. The van der Waals surface area contributed by atoms with Gasteiger partial charge in [0.05, 0.1) is 12.0 Å². The van der Waals surface area contributed by atoms with Gasteiger partial charge in [0, 0.05) is 17.7 Å². The van der Waals surface area contributed by atoms with E-state index in [1.807, 2.05) is 0 Å². The molecule has 2 aromatic rings. The van der Waals surface area contributed by atoms with Gasteiger partial charge in [-0.1, -0.05) is 13.8 Å². The molecular weight excluding hydrogens is 418 g/mol. The van der Waals surface area contributed by atoms with Crippen LogP contribution in [0.4, 0.5) is 5.69 Å². The van der Waals surface area contributed by atoms with Crippen LogP contribution in [0.15, 0.2) is 54.2 Å². The largest absolute Gasteiger partial charge is 0.497 e. The highest BCUT2D eigenvalue weighted by molar-refractivity contribution is 6.06. The summed E-state index contributed by atoms with van der Waals surface area (Å²) in [5.74, 6) is -2.50. The molecule has 0 aromatic heterocycles. The minimum atomic E-state index is -1.22. The number of amides is 2. The molecule has 168 valence electrons. The molecule has 0 fully saturated rings. The topological polar surface area (TPSA) is 148 Å². The van der Waals surface area contributed by atoms with Crippen molar-refractivity contribution in [2.75, 3.05) is 7.11 Å². The third kappa shape index (κ3) is 6.39. The van der Waals surface area contributed by atoms with E-state index in [2.05, 4.69) is 10.6 Å². The number of non-ortho nitro benzene ring substituents is 1. The smallest absolute Gasteiger partial charge is 0.326 e. The highest BCUT2D eigenvalue weighted by atomic mass is 16.6. The van der Waals surface area contributed by atoms with Crippen LogP contribution >= 0.6 is 0 Å². The van der Waals surface area contributed by atoms with E-state index in [1.165, 1.54) is 49.6 Å². The van der Waals surface area contributed by atoms with Crippen molar-refractivity contribution in [2.24, 2.45) is 5.92 Å². The third-order valence-corrected chi connectivity index (χ3v) is 4.48. The number of carboxylic acid groups (broad SMARTS) is 1. The zero-order chi connectivity index (χ0) is 23.8. The van der Waals surface area contributed by atoms with Crippen LogP contribution in [0.1, 0.15) is 29.8 Å². The van der Waals surface area contributed by atoms with Gasteiger partial charge in [-0.25, -0.2) is 4.79 Å². The number of nitrogens with zero attached hydrogens (tertiary/aromatic N) is 1. The van der Waals surface area contributed by atoms with Gasteiger partial charge >= 0.3 is 5.97 Å². The number of nitro groups is 1. The van der Waals surface area contributed by atoms with Crippen molar-refractivity contribution < 1.29 is 29.2 Å². The van der Waals surface area contributed by atoms with Gasteiger partial charge < -0.3 is 20.5 Å². The van der Waals surface area contributed by atoms with Crippen LogP contribution in [0.5, 0.6) is 5.75 Å². The molecular formula is C22H23N3O7. The average molecular weight is 441 g/mol. The second-order valence-electron chi connectivity index (χ2n) is 7.12. The molecule has 10 heteroatoms. The lowest BCUT2D eigenvalue weighted by Gasteiger charge is -2.19. The normalized spacial score (nSPS) is 12.1. The maximum atomic E-state index is 12.8. The molecule has 10 nitrogen and oxygen atoms in total. The summed E-state index contributed by atoms with van der Waals surface area (Å²) in [5, 5.41) is 25.1. The Morgan fingerprint density at radius 3 is 2.12 bits per heavy atom. The fraction of sp³-hybridized carbons (Fsp3) is 0.227. The summed E-state index contributed by atoms with van der Waals surface area (Å²) < 4.78 is 5.05. The zero-order valence-electron chi connectivity index (χ0n) is 17.7. The van der Waals surface area contributed by atoms with E-state index in [0.717, 1.165) is 0 Å². The molecule has 0 aliphatic heterocycles. The first-order chi connectivity index (χ1) is 15.1. The molecule has 32 heavy (non-hydrogen) atoms. The molecule has 2 rings (SSSR count). The van der Waals surface area contributed by atoms with Crippen molar-refractivity contribution in [1.29, 1.82) is 0 Å². The summed E-state index contributed by atoms with van der Waals surface area (Å²) in [6.45, 7) is 3.27. The monoisotopic (exact) mass is 441 g/mol. The van der Waals surface area contributed by atoms with E-state index in [1.54, 1.807) is 26.0 Å². The van der Waals surface area contributed by atoms with Gasteiger partial charge in [-0.3, -0.25) is 19.7 Å². The van der Waals surface area contributed by atoms with Crippen LogP contribution < -0.4 is 15.4 Å². The minimum Gasteiger partial charge on any atom is -0.497 e. The molecule has 0 bridgehead atoms. The molecule has 0 radical (unpaired) electrons. The van der Waals surface area contributed by atoms with E-state index in [9.17, 15) is 29.6 Å². The van der Waals surface area contributed by atoms with Crippen LogP contribution in [0, 0.1) is 16.0 Å². The maximum Gasteiger partial charge on any atom is 0.326 e. The SMILES string of the molecule is COc1ccc(C(=O)NC(=Cc2ccc([N+](=O)[O-])cc2)C(=O)NC(C(=O)O)C(C)C)cc1. The molecule has 3 N–H and O–H groups in total. The first-order valence-corrected chi connectivity index (χ1v) is 9.57. The standard InChI is InChI=1S/C22H23N3O7/c1-13(2)19(22(28)29)24-21(27)18(12-14-4-8-16(9-5-14)25(30)31)23-20(26)15-6-10-17(32-3)11-7-15/h4-13,19H,1-3H3,(H,23,26)(H,24,27)(H,28,29). The third-order valence-electron chi connectivity index (χ3n) is 4.48. The number of nitrogens with one attached hydrogen (secondary N) is 2. The Kier molecular flexibility index (Phi) is 8.05. The second-order valence-corrected chi connectivity index (χ2v) is 7.12. The predicted octanol–water partition coefficient (Wildman–Crippen LogP) is 2.60. The lowest BCUT2D eigenvalue weighted by atomic mass is 10.0. The molecule has 2 aromatic carbocycles. The molecule has 1 atom stereocenters. The number of hydrogen-bond acceptors (Lipinski definition) is 6. The summed E-state index contributed by atoms with van der Waals surface area (Å²) in [5.41, 5.74) is 0.284. The van der Waals surface area contributed by atoms with Gasteiger partial charge in [-0.15, -0.1) is 0 Å². The van der Waals surface area contributed by atoms with Crippen LogP contribution in [0.25, 0.3) is 6.08 Å². The maximum absolute atomic E-state index is 12.8. The zero-order valence-corrected chi connectivity index (χ0v) is 17.7. The summed E-state index contributed by atoms with van der Waals surface area (Å²) in [7, 11) is 1.48. The fourth-order valence-corrected chi connectivity index (χ4v) is 2.69. The van der Waals surface area contributed by atoms with Crippen molar-refractivity contribution in [3.05, 3.63) is 75.5 Å². The lowest BCUT2D eigenvalue weighted by molar-refractivity contribution is -0.384. The van der Waals surface area contributed by atoms with Crippen molar-refractivity contribution in [3.63, 3.8) is 0 Å². The molecule has 0 heterocycles. The Labute approximate surface area is 184 Å². The van der Waals surface area contributed by atoms with Crippen molar-refractivity contribution >= 4 is 29.5 Å². The van der Waals surface area contributed by atoms with Crippen molar-refractivity contribution in [2.45, 2.75) is 19.9 Å². The molecule has 0 aliphatic carbocycles. The Morgan fingerprint density at radius 1 is 1.06 bits per heavy atom. The highest BCUT2D eigenvalue weighted by Crippen LogP contribution is 2.16. The van der Waals surface area contributed by atoms with E-state index in [4.69, 9.17) is 4.74 Å². The summed E-state index contributed by atoms with van der Waals surface area (Å²) >= 11 is 0. The second kappa shape index (κ2) is 10.7. The van der Waals surface area contributed by atoms with Crippen LogP contribution in [-0.4, -0.2) is 41.0 Å². The van der Waals surface area contributed by atoms with Gasteiger partial charge in [0.15, 0.2) is 0 Å². The summed E-state index contributed by atoms with van der Waals surface area (Å²) in [4.78, 5) is 47.2. The molecule has 2 amide bonds. The number of hydrogen-bond donors (Lipinski definition) is 3. The van der Waals surface area contributed by atoms with Gasteiger partial charge in [-0.2, -0.15) is 0 Å². The number of ether oxygens (including phenoxy) is 1. The molecule has 0 spiro atoms. The van der Waals surface area contributed by atoms with Gasteiger partial charge in [0.1, 0.15) is 17.5 Å². The Balaban J connectivity index is 2.36. The van der Waals surface area contributed by atoms with Crippen LogP contribution in [0.2, 0.25) is 0 Å². The Bertz CT molecular complexity index is 1030. The van der Waals surface area contributed by atoms with Crippen molar-refractivity contribution in [3.8, 4) is 5.75 Å². The van der Waals surface area contributed by atoms with Gasteiger partial charge in [-0.05, 0) is 54.0 Å². The average Bonchev–Trinajstić information content (AvgIpc) is 2.76. The number of nitro benzene ring substituents is 1. The number of carbonyl (C=O) groups excluding carboxylic acids is 2. The van der Waals surface area contributed by atoms with Crippen LogP contribution in [-0.2, 0) is 9.59 Å². The van der Waals surface area contributed by atoms with Crippen LogP contribution in [0.3, 0.4) is 0 Å². The van der Waals surface area contributed by atoms with E-state index in [-0.39, 0.29) is 16.9 Å². The molecule has 1 unspecified atom stereocenters. The summed E-state index contributed by atoms with van der Waals surface area (Å²) in [6.07, 6.45) is 1.31. The molecule has 0 aliphatic rings. The molecule has 0 saturated carbocycles. The van der Waals surface area contributed by atoms with Crippen molar-refractivity contribution in [1.82, 2.24) is 10.6 Å². The lowest BCUT2D eigenvalue weighted by Crippen LogP contribution is -2.47. The predicted molar refractivity (Wildman–Crippen MR) is 116 cm³/mol. The minimum absolute atomic E-state index is 0.138. The quantitative estimate of drug-likeness (QED) is 0.308. The Morgan fingerprint density at radius 2 is 1.66 bits per heavy atom. The number of aliphatic carboxylic acids is 1.